The maximum Gasteiger partial charge on any atom is 0.120 e. The Hall–Kier alpha value is -2.94. The van der Waals surface area contributed by atoms with Gasteiger partial charge in [-0.05, 0) is 54.4 Å². The standard InChI is InChI=1S/C22H23NO2/c1-17(23-20-11-13-21(24-2)14-12-20)19-9-6-10-22(15-19)25-16-18-7-4-3-5-8-18/h3-15,17,23H,16H2,1-2H3/t17-/m1/s1. The third-order valence-corrected chi connectivity index (χ3v) is 4.08. The summed E-state index contributed by atoms with van der Waals surface area (Å²) >= 11 is 0. The molecular weight excluding hydrogens is 310 g/mol. The molecule has 1 atom stereocenters. The normalized spacial score (nSPS) is 11.6. The molecule has 0 amide bonds. The SMILES string of the molecule is COc1ccc(N[C@H](C)c2cccc(OCc3ccccc3)c2)cc1. The minimum Gasteiger partial charge on any atom is -0.497 e. The molecule has 0 aliphatic carbocycles. The summed E-state index contributed by atoms with van der Waals surface area (Å²) in [6.07, 6.45) is 0. The van der Waals surface area contributed by atoms with Crippen molar-refractivity contribution in [2.24, 2.45) is 0 Å². The third kappa shape index (κ3) is 4.77. The molecule has 25 heavy (non-hydrogen) atoms. The van der Waals surface area contributed by atoms with Crippen LogP contribution in [-0.2, 0) is 6.61 Å². The maximum absolute atomic E-state index is 5.92. The van der Waals surface area contributed by atoms with Crippen LogP contribution in [-0.4, -0.2) is 7.11 Å². The number of nitrogens with one attached hydrogen (secondary N) is 1. The second-order valence-corrected chi connectivity index (χ2v) is 5.94. The van der Waals surface area contributed by atoms with E-state index in [4.69, 9.17) is 9.47 Å². The van der Waals surface area contributed by atoms with Crippen LogP contribution in [0.25, 0.3) is 0 Å². The number of benzene rings is 3. The highest BCUT2D eigenvalue weighted by Crippen LogP contribution is 2.24. The molecule has 0 aliphatic rings. The molecule has 0 aromatic heterocycles. The van der Waals surface area contributed by atoms with Crippen molar-refractivity contribution in [3.8, 4) is 11.5 Å². The minimum atomic E-state index is 0.175. The van der Waals surface area contributed by atoms with Crippen LogP contribution in [0.15, 0.2) is 78.9 Å². The average Bonchev–Trinajstić information content (AvgIpc) is 2.68. The number of hydrogen-bond donors (Lipinski definition) is 1. The Kier molecular flexibility index (Phi) is 5.57. The topological polar surface area (TPSA) is 30.5 Å². The second kappa shape index (κ2) is 8.25. The summed E-state index contributed by atoms with van der Waals surface area (Å²) in [5.74, 6) is 1.74. The summed E-state index contributed by atoms with van der Waals surface area (Å²) in [5, 5.41) is 3.50. The van der Waals surface area contributed by atoms with Gasteiger partial charge in [-0.3, -0.25) is 0 Å². The van der Waals surface area contributed by atoms with Gasteiger partial charge in [-0.2, -0.15) is 0 Å². The van der Waals surface area contributed by atoms with Crippen molar-refractivity contribution in [3.05, 3.63) is 90.0 Å². The first kappa shape index (κ1) is 16.9. The van der Waals surface area contributed by atoms with Crippen LogP contribution in [0.2, 0.25) is 0 Å². The van der Waals surface area contributed by atoms with E-state index in [1.54, 1.807) is 7.11 Å². The lowest BCUT2D eigenvalue weighted by atomic mass is 10.1. The van der Waals surface area contributed by atoms with E-state index >= 15 is 0 Å². The highest BCUT2D eigenvalue weighted by Gasteiger charge is 2.07. The largest absolute Gasteiger partial charge is 0.497 e. The predicted octanol–water partition coefficient (Wildman–Crippen LogP) is 5.45. The van der Waals surface area contributed by atoms with Crippen molar-refractivity contribution in [1.82, 2.24) is 0 Å². The van der Waals surface area contributed by atoms with E-state index in [0.717, 1.165) is 22.7 Å². The van der Waals surface area contributed by atoms with Gasteiger partial charge in [0.05, 0.1) is 7.11 Å². The Labute approximate surface area is 149 Å². The summed E-state index contributed by atoms with van der Waals surface area (Å²) in [5.41, 5.74) is 3.41. The lowest BCUT2D eigenvalue weighted by molar-refractivity contribution is 0.306. The fourth-order valence-corrected chi connectivity index (χ4v) is 2.64. The van der Waals surface area contributed by atoms with E-state index in [9.17, 15) is 0 Å². The smallest absolute Gasteiger partial charge is 0.120 e. The van der Waals surface area contributed by atoms with E-state index in [-0.39, 0.29) is 6.04 Å². The van der Waals surface area contributed by atoms with Gasteiger partial charge in [-0.15, -0.1) is 0 Å². The summed E-state index contributed by atoms with van der Waals surface area (Å²) in [6, 6.07) is 26.5. The molecule has 0 unspecified atom stereocenters. The monoisotopic (exact) mass is 333 g/mol. The number of rotatable bonds is 7. The van der Waals surface area contributed by atoms with Gasteiger partial charge in [-0.25, -0.2) is 0 Å². The zero-order chi connectivity index (χ0) is 17.5. The Morgan fingerprint density at radius 3 is 2.32 bits per heavy atom. The van der Waals surface area contributed by atoms with Crippen molar-refractivity contribution < 1.29 is 9.47 Å². The molecule has 3 rings (SSSR count). The van der Waals surface area contributed by atoms with Crippen molar-refractivity contribution in [2.75, 3.05) is 12.4 Å². The summed E-state index contributed by atoms with van der Waals surface area (Å²) < 4.78 is 11.1. The van der Waals surface area contributed by atoms with Gasteiger partial charge in [0.25, 0.3) is 0 Å². The Balaban J connectivity index is 1.63. The lowest BCUT2D eigenvalue weighted by Gasteiger charge is -2.17. The molecule has 0 bridgehead atoms. The zero-order valence-electron chi connectivity index (χ0n) is 14.6. The highest BCUT2D eigenvalue weighted by molar-refractivity contribution is 5.48. The van der Waals surface area contributed by atoms with Gasteiger partial charge in [0.15, 0.2) is 0 Å². The molecule has 128 valence electrons. The minimum absolute atomic E-state index is 0.175. The number of anilines is 1. The van der Waals surface area contributed by atoms with Gasteiger partial charge in [-0.1, -0.05) is 42.5 Å². The van der Waals surface area contributed by atoms with E-state index < -0.39 is 0 Å². The van der Waals surface area contributed by atoms with Crippen LogP contribution in [0, 0.1) is 0 Å². The number of methoxy groups -OCH3 is 1. The van der Waals surface area contributed by atoms with E-state index in [1.165, 1.54) is 5.56 Å². The molecule has 0 heterocycles. The first-order valence-electron chi connectivity index (χ1n) is 8.42. The van der Waals surface area contributed by atoms with E-state index in [0.29, 0.717) is 6.61 Å². The fraction of sp³-hybridized carbons (Fsp3) is 0.182. The lowest BCUT2D eigenvalue weighted by Crippen LogP contribution is -2.06. The molecule has 3 aromatic carbocycles. The van der Waals surface area contributed by atoms with Gasteiger partial charge in [0, 0.05) is 11.7 Å². The third-order valence-electron chi connectivity index (χ3n) is 4.08. The molecule has 0 saturated heterocycles. The van der Waals surface area contributed by atoms with Crippen LogP contribution in [0.3, 0.4) is 0 Å². The van der Waals surface area contributed by atoms with Gasteiger partial charge in [0.2, 0.25) is 0 Å². The quantitative estimate of drug-likeness (QED) is 0.624. The molecule has 0 saturated carbocycles. The van der Waals surface area contributed by atoms with Crippen LogP contribution in [0.1, 0.15) is 24.1 Å². The van der Waals surface area contributed by atoms with Crippen molar-refractivity contribution >= 4 is 5.69 Å². The zero-order valence-corrected chi connectivity index (χ0v) is 14.6. The highest BCUT2D eigenvalue weighted by atomic mass is 16.5. The maximum atomic E-state index is 5.92. The van der Waals surface area contributed by atoms with Crippen LogP contribution in [0.5, 0.6) is 11.5 Å². The Morgan fingerprint density at radius 2 is 1.60 bits per heavy atom. The molecular formula is C22H23NO2. The van der Waals surface area contributed by atoms with Crippen LogP contribution >= 0.6 is 0 Å². The first-order valence-corrected chi connectivity index (χ1v) is 8.42. The Bertz CT molecular complexity index is 785. The number of ether oxygens (including phenoxy) is 2. The summed E-state index contributed by atoms with van der Waals surface area (Å²) in [4.78, 5) is 0. The summed E-state index contributed by atoms with van der Waals surface area (Å²) in [6.45, 7) is 2.71. The summed E-state index contributed by atoms with van der Waals surface area (Å²) in [7, 11) is 1.67. The Morgan fingerprint density at radius 1 is 0.840 bits per heavy atom. The fourth-order valence-electron chi connectivity index (χ4n) is 2.64. The van der Waals surface area contributed by atoms with Crippen LogP contribution < -0.4 is 14.8 Å². The van der Waals surface area contributed by atoms with E-state index in [2.05, 4.69) is 36.5 Å². The van der Waals surface area contributed by atoms with Crippen LogP contribution in [0.4, 0.5) is 5.69 Å². The number of hydrogen-bond acceptors (Lipinski definition) is 3. The van der Waals surface area contributed by atoms with E-state index in [1.807, 2.05) is 54.6 Å². The first-order chi connectivity index (χ1) is 12.2. The van der Waals surface area contributed by atoms with Crippen molar-refractivity contribution in [1.29, 1.82) is 0 Å². The van der Waals surface area contributed by atoms with Crippen molar-refractivity contribution in [3.63, 3.8) is 0 Å². The van der Waals surface area contributed by atoms with Crippen molar-refractivity contribution in [2.45, 2.75) is 19.6 Å². The molecule has 0 spiro atoms. The second-order valence-electron chi connectivity index (χ2n) is 5.94. The predicted molar refractivity (Wildman–Crippen MR) is 102 cm³/mol. The molecule has 0 aliphatic heterocycles. The van der Waals surface area contributed by atoms with Gasteiger partial charge in [0.1, 0.15) is 18.1 Å². The molecule has 3 nitrogen and oxygen atoms in total. The average molecular weight is 333 g/mol. The molecule has 0 fully saturated rings. The van der Waals surface area contributed by atoms with Gasteiger partial charge >= 0.3 is 0 Å². The molecule has 1 N–H and O–H groups in total. The molecule has 3 heteroatoms. The van der Waals surface area contributed by atoms with Gasteiger partial charge < -0.3 is 14.8 Å². The molecule has 3 aromatic rings. The molecule has 0 radical (unpaired) electrons.